The molecule has 3 heterocycles. The van der Waals surface area contributed by atoms with Gasteiger partial charge < -0.3 is 31.0 Å². The number of anilines is 2. The molecule has 6 rings (SSSR count). The molecule has 2 aliphatic rings. The highest BCUT2D eigenvalue weighted by Crippen LogP contribution is 2.53. The molecule has 2 aliphatic carbocycles. The number of hydrogen-bond donors (Lipinski definition) is 4. The molecule has 0 bridgehead atoms. The molecule has 4 aromatic rings. The minimum absolute atomic E-state index is 0.229. The third-order valence-electron chi connectivity index (χ3n) is 7.25. The lowest BCUT2D eigenvalue weighted by Gasteiger charge is -2.29. The first-order valence-electron chi connectivity index (χ1n) is 10.8. The van der Waals surface area contributed by atoms with Crippen molar-refractivity contribution in [1.82, 2.24) is 19.5 Å². The normalized spacial score (nSPS) is 29.1. The highest BCUT2D eigenvalue weighted by Gasteiger charge is 2.61. The number of rotatable bonds is 3. The van der Waals surface area contributed by atoms with Crippen molar-refractivity contribution >= 4 is 49.5 Å². The smallest absolute Gasteiger partial charge is 0.145 e. The van der Waals surface area contributed by atoms with Crippen molar-refractivity contribution in [3.8, 4) is 5.75 Å². The minimum Gasteiger partial charge on any atom is -0.490 e. The number of halogens is 1. The van der Waals surface area contributed by atoms with Crippen molar-refractivity contribution in [2.24, 2.45) is 5.92 Å². The van der Waals surface area contributed by atoms with Crippen LogP contribution in [0, 0.1) is 5.92 Å². The molecular formula is C23H23BrN6O3. The Hall–Kier alpha value is -2.95. The van der Waals surface area contributed by atoms with E-state index in [1.807, 2.05) is 41.1 Å². The van der Waals surface area contributed by atoms with Crippen LogP contribution in [0.1, 0.15) is 25.3 Å². The van der Waals surface area contributed by atoms with Gasteiger partial charge in [-0.1, -0.05) is 0 Å². The van der Waals surface area contributed by atoms with Gasteiger partial charge in [-0.25, -0.2) is 15.0 Å². The second kappa shape index (κ2) is 7.28. The van der Waals surface area contributed by atoms with Crippen molar-refractivity contribution < 1.29 is 14.9 Å². The predicted molar refractivity (Wildman–Crippen MR) is 128 cm³/mol. The highest BCUT2D eigenvalue weighted by atomic mass is 79.9. The van der Waals surface area contributed by atoms with Crippen LogP contribution in [-0.4, -0.2) is 47.5 Å². The van der Waals surface area contributed by atoms with Crippen LogP contribution in [-0.2, 0) is 0 Å². The molecule has 0 spiro atoms. The van der Waals surface area contributed by atoms with E-state index in [2.05, 4.69) is 30.9 Å². The summed E-state index contributed by atoms with van der Waals surface area (Å²) >= 11 is 3.40. The number of pyridine rings is 1. The first kappa shape index (κ1) is 20.6. The number of ether oxygens (including phenoxy) is 1. The first-order chi connectivity index (χ1) is 15.8. The molecule has 0 aliphatic heterocycles. The summed E-state index contributed by atoms with van der Waals surface area (Å²) in [7, 11) is 0. The molecule has 2 saturated carbocycles. The van der Waals surface area contributed by atoms with Gasteiger partial charge in [-0.2, -0.15) is 0 Å². The Labute approximate surface area is 197 Å². The van der Waals surface area contributed by atoms with E-state index in [4.69, 9.17) is 16.2 Å². The molecule has 2 fully saturated rings. The van der Waals surface area contributed by atoms with Crippen molar-refractivity contribution in [2.45, 2.75) is 43.1 Å². The summed E-state index contributed by atoms with van der Waals surface area (Å²) in [5.41, 5.74) is 12.1. The van der Waals surface area contributed by atoms with E-state index in [9.17, 15) is 10.2 Å². The Morgan fingerprint density at radius 2 is 2.00 bits per heavy atom. The number of aromatic nitrogens is 4. The summed E-state index contributed by atoms with van der Waals surface area (Å²) in [5, 5.41) is 24.3. The molecule has 0 unspecified atom stereocenters. The molecule has 5 atom stereocenters. The van der Waals surface area contributed by atoms with Crippen LogP contribution in [0.3, 0.4) is 0 Å². The summed E-state index contributed by atoms with van der Waals surface area (Å²) in [6.45, 7) is 0. The van der Waals surface area contributed by atoms with Gasteiger partial charge in [0.15, 0.2) is 0 Å². The van der Waals surface area contributed by atoms with E-state index < -0.39 is 11.7 Å². The Balaban J connectivity index is 1.29. The van der Waals surface area contributed by atoms with Crippen molar-refractivity contribution in [1.29, 1.82) is 0 Å². The number of aliphatic hydroxyl groups is 2. The quantitative estimate of drug-likeness (QED) is 0.329. The third kappa shape index (κ3) is 3.08. The number of nitrogen functional groups attached to an aromatic ring is 2. The van der Waals surface area contributed by atoms with E-state index >= 15 is 0 Å². The average Bonchev–Trinajstić information content (AvgIpc) is 3.42. The standard InChI is InChI=1S/C23H23BrN6O3/c24-15-7-11-1-2-12(8-16(11)29-21(15)26)33-18-3-5-23(32)14(18)9-17(19(23)31)30-6-4-13-20(25)27-10-28-22(13)30/h1-2,4,6-8,10,14,17-19,31-32H,3,5,9H2,(H2,26,29)(H2,25,27,28)/t14-,17-,18+,19+,23-/m1/s1. The van der Waals surface area contributed by atoms with Crippen molar-refractivity contribution in [3.05, 3.63) is 47.3 Å². The van der Waals surface area contributed by atoms with E-state index in [1.165, 1.54) is 6.33 Å². The molecule has 170 valence electrons. The number of hydrogen-bond acceptors (Lipinski definition) is 8. The van der Waals surface area contributed by atoms with Crippen LogP contribution in [0.25, 0.3) is 21.9 Å². The molecule has 0 amide bonds. The average molecular weight is 511 g/mol. The van der Waals surface area contributed by atoms with Gasteiger partial charge in [0.25, 0.3) is 0 Å². The fourth-order valence-electron chi connectivity index (χ4n) is 5.58. The van der Waals surface area contributed by atoms with Crippen LogP contribution in [0.5, 0.6) is 5.75 Å². The molecule has 0 radical (unpaired) electrons. The number of benzene rings is 1. The second-order valence-electron chi connectivity index (χ2n) is 8.97. The highest BCUT2D eigenvalue weighted by molar-refractivity contribution is 9.10. The molecule has 6 N–H and O–H groups in total. The Morgan fingerprint density at radius 3 is 2.85 bits per heavy atom. The summed E-state index contributed by atoms with van der Waals surface area (Å²) in [5.74, 6) is 1.24. The molecular weight excluding hydrogens is 488 g/mol. The lowest BCUT2D eigenvalue weighted by Crippen LogP contribution is -2.43. The van der Waals surface area contributed by atoms with Gasteiger partial charge in [-0.05, 0) is 59.5 Å². The van der Waals surface area contributed by atoms with E-state index in [0.29, 0.717) is 42.3 Å². The summed E-state index contributed by atoms with van der Waals surface area (Å²) in [6.07, 6.45) is 3.75. The topological polar surface area (TPSA) is 145 Å². The monoisotopic (exact) mass is 510 g/mol. The van der Waals surface area contributed by atoms with E-state index in [1.54, 1.807) is 0 Å². The van der Waals surface area contributed by atoms with Gasteiger partial charge >= 0.3 is 0 Å². The van der Waals surface area contributed by atoms with Crippen LogP contribution in [0.15, 0.2) is 47.3 Å². The van der Waals surface area contributed by atoms with Crippen LogP contribution in [0.2, 0.25) is 0 Å². The van der Waals surface area contributed by atoms with Gasteiger partial charge in [0.1, 0.15) is 41.6 Å². The summed E-state index contributed by atoms with van der Waals surface area (Å²) in [6, 6.07) is 9.12. The first-order valence-corrected chi connectivity index (χ1v) is 11.6. The van der Waals surface area contributed by atoms with E-state index in [0.717, 1.165) is 20.8 Å². The van der Waals surface area contributed by atoms with Gasteiger partial charge in [0.2, 0.25) is 0 Å². The van der Waals surface area contributed by atoms with Crippen LogP contribution < -0.4 is 16.2 Å². The fraction of sp³-hybridized carbons (Fsp3) is 0.348. The van der Waals surface area contributed by atoms with Gasteiger partial charge in [-0.15, -0.1) is 0 Å². The minimum atomic E-state index is -1.23. The SMILES string of the molecule is Nc1nc2cc(O[C@H]3CC[C@@]4(O)[C@@H]3C[C@@H](n3ccc5c(N)ncnc53)[C@@H]4O)ccc2cc1Br. The molecule has 3 aromatic heterocycles. The van der Waals surface area contributed by atoms with Crippen molar-refractivity contribution in [3.63, 3.8) is 0 Å². The Morgan fingerprint density at radius 1 is 1.15 bits per heavy atom. The lowest BCUT2D eigenvalue weighted by molar-refractivity contribution is -0.0835. The maximum absolute atomic E-state index is 11.4. The number of nitrogens with zero attached hydrogens (tertiary/aromatic N) is 4. The van der Waals surface area contributed by atoms with Gasteiger partial charge in [0.05, 0.1) is 27.0 Å². The lowest BCUT2D eigenvalue weighted by atomic mass is 9.92. The predicted octanol–water partition coefficient (Wildman–Crippen LogP) is 2.80. The molecule has 10 heteroatoms. The summed E-state index contributed by atoms with van der Waals surface area (Å²) in [4.78, 5) is 12.8. The van der Waals surface area contributed by atoms with E-state index in [-0.39, 0.29) is 18.1 Å². The van der Waals surface area contributed by atoms with Crippen LogP contribution in [0.4, 0.5) is 11.6 Å². The fourth-order valence-corrected chi connectivity index (χ4v) is 5.91. The maximum Gasteiger partial charge on any atom is 0.145 e. The molecule has 1 aromatic carbocycles. The third-order valence-corrected chi connectivity index (χ3v) is 7.88. The zero-order valence-electron chi connectivity index (χ0n) is 17.6. The number of aliphatic hydroxyl groups excluding tert-OH is 1. The second-order valence-corrected chi connectivity index (χ2v) is 9.82. The molecule has 9 nitrogen and oxygen atoms in total. The van der Waals surface area contributed by atoms with Gasteiger partial charge in [0, 0.05) is 23.6 Å². The Kier molecular flexibility index (Phi) is 4.55. The van der Waals surface area contributed by atoms with Crippen molar-refractivity contribution in [2.75, 3.05) is 11.5 Å². The zero-order valence-corrected chi connectivity index (χ0v) is 19.2. The molecule has 0 saturated heterocycles. The van der Waals surface area contributed by atoms with Crippen LogP contribution >= 0.6 is 15.9 Å². The zero-order chi connectivity index (χ0) is 22.9. The molecule has 33 heavy (non-hydrogen) atoms. The Bertz CT molecular complexity index is 1390. The largest absolute Gasteiger partial charge is 0.490 e. The number of nitrogens with two attached hydrogens (primary N) is 2. The maximum atomic E-state index is 11.4. The number of fused-ring (bicyclic) bond motifs is 3. The summed E-state index contributed by atoms with van der Waals surface area (Å²) < 4.78 is 8.98. The van der Waals surface area contributed by atoms with Gasteiger partial charge in [-0.3, -0.25) is 0 Å².